The number of nitrogens with one attached hydrogen (secondary N) is 1. The second kappa shape index (κ2) is 8.12. The number of aryl methyl sites for hydroxylation is 1. The number of fused-ring (bicyclic) bond motifs is 1. The Morgan fingerprint density at radius 2 is 2.08 bits per heavy atom. The summed E-state index contributed by atoms with van der Waals surface area (Å²) in [6.45, 7) is 5.18. The molecule has 128 valence electrons. The molecule has 3 rings (SSSR count). The molecule has 1 heterocycles. The van der Waals surface area contributed by atoms with E-state index in [0.29, 0.717) is 12.1 Å². The van der Waals surface area contributed by atoms with Crippen LogP contribution in [-0.4, -0.2) is 22.0 Å². The normalized spacial score (nSPS) is 10.8. The molecule has 1 N–H and O–H groups in total. The lowest BCUT2D eigenvalue weighted by molar-refractivity contribution is 0.0953. The van der Waals surface area contributed by atoms with Crippen molar-refractivity contribution in [2.24, 2.45) is 0 Å². The van der Waals surface area contributed by atoms with Crippen LogP contribution in [0.4, 0.5) is 0 Å². The molecule has 25 heavy (non-hydrogen) atoms. The summed E-state index contributed by atoms with van der Waals surface area (Å²) in [6, 6.07) is 15.5. The summed E-state index contributed by atoms with van der Waals surface area (Å²) in [6.07, 6.45) is 3.52. The molecule has 0 unspecified atom stereocenters. The summed E-state index contributed by atoms with van der Waals surface area (Å²) in [5.74, 6) is 0.971. The van der Waals surface area contributed by atoms with Gasteiger partial charge in [0.15, 0.2) is 0 Å². The van der Waals surface area contributed by atoms with Crippen LogP contribution in [0, 0.1) is 0 Å². The quantitative estimate of drug-likeness (QED) is 0.475. The number of carbonyl (C=O) groups is 1. The van der Waals surface area contributed by atoms with Crippen molar-refractivity contribution in [3.05, 3.63) is 77.0 Å². The number of benzene rings is 2. The lowest BCUT2D eigenvalue weighted by Gasteiger charge is -2.08. The van der Waals surface area contributed by atoms with E-state index in [-0.39, 0.29) is 5.91 Å². The highest BCUT2D eigenvalue weighted by atomic mass is 79.9. The molecule has 0 atom stereocenters. The van der Waals surface area contributed by atoms with E-state index in [1.165, 1.54) is 0 Å². The predicted octanol–water partition coefficient (Wildman–Crippen LogP) is 4.35. The molecule has 4 nitrogen and oxygen atoms in total. The van der Waals surface area contributed by atoms with Crippen molar-refractivity contribution in [1.29, 1.82) is 0 Å². The molecule has 0 aliphatic heterocycles. The Hall–Kier alpha value is -2.40. The van der Waals surface area contributed by atoms with Gasteiger partial charge in [0.2, 0.25) is 0 Å². The van der Waals surface area contributed by atoms with Crippen molar-refractivity contribution >= 4 is 32.9 Å². The lowest BCUT2D eigenvalue weighted by atomic mass is 10.2. The smallest absolute Gasteiger partial charge is 0.251 e. The van der Waals surface area contributed by atoms with Gasteiger partial charge < -0.3 is 9.88 Å². The van der Waals surface area contributed by atoms with Crippen LogP contribution in [0.5, 0.6) is 0 Å². The number of nitrogens with zero attached hydrogens (tertiary/aromatic N) is 2. The Balaban J connectivity index is 1.60. The van der Waals surface area contributed by atoms with E-state index < -0.39 is 0 Å². The first-order valence-corrected chi connectivity index (χ1v) is 9.07. The largest absolute Gasteiger partial charge is 0.352 e. The molecule has 0 radical (unpaired) electrons. The summed E-state index contributed by atoms with van der Waals surface area (Å²) < 4.78 is 3.08. The maximum Gasteiger partial charge on any atom is 0.251 e. The second-order valence-electron chi connectivity index (χ2n) is 5.79. The van der Waals surface area contributed by atoms with Gasteiger partial charge in [-0.2, -0.15) is 0 Å². The molecule has 1 amide bonds. The van der Waals surface area contributed by atoms with Crippen molar-refractivity contribution in [2.45, 2.75) is 19.4 Å². The molecule has 0 saturated heterocycles. The Morgan fingerprint density at radius 3 is 2.88 bits per heavy atom. The van der Waals surface area contributed by atoms with Crippen molar-refractivity contribution in [3.63, 3.8) is 0 Å². The van der Waals surface area contributed by atoms with E-state index in [1.807, 2.05) is 48.5 Å². The number of aromatic nitrogens is 2. The average Bonchev–Trinajstić information content (AvgIpc) is 2.97. The van der Waals surface area contributed by atoms with E-state index in [1.54, 1.807) is 0 Å². The van der Waals surface area contributed by atoms with Crippen LogP contribution in [-0.2, 0) is 13.0 Å². The van der Waals surface area contributed by atoms with Gasteiger partial charge in [-0.05, 0) is 36.8 Å². The number of allylic oxidation sites excluding steroid dienone is 1. The van der Waals surface area contributed by atoms with Crippen molar-refractivity contribution < 1.29 is 4.79 Å². The number of halogens is 1. The monoisotopic (exact) mass is 397 g/mol. The van der Waals surface area contributed by atoms with Gasteiger partial charge in [0, 0.05) is 29.5 Å². The fourth-order valence-corrected chi connectivity index (χ4v) is 3.23. The van der Waals surface area contributed by atoms with Crippen LogP contribution in [0.1, 0.15) is 22.6 Å². The van der Waals surface area contributed by atoms with Gasteiger partial charge >= 0.3 is 0 Å². The Kier molecular flexibility index (Phi) is 5.66. The van der Waals surface area contributed by atoms with Crippen LogP contribution in [0.25, 0.3) is 11.0 Å². The first-order valence-electron chi connectivity index (χ1n) is 8.28. The molecule has 0 bridgehead atoms. The Labute approximate surface area is 155 Å². The second-order valence-corrected chi connectivity index (χ2v) is 6.70. The number of hydrogen-bond acceptors (Lipinski definition) is 2. The molecule has 0 aliphatic carbocycles. The van der Waals surface area contributed by atoms with E-state index >= 15 is 0 Å². The van der Waals surface area contributed by atoms with Gasteiger partial charge in [-0.3, -0.25) is 4.79 Å². The van der Waals surface area contributed by atoms with Gasteiger partial charge in [-0.1, -0.05) is 40.2 Å². The van der Waals surface area contributed by atoms with Crippen LogP contribution >= 0.6 is 15.9 Å². The van der Waals surface area contributed by atoms with E-state index in [4.69, 9.17) is 4.98 Å². The molecule has 3 aromatic rings. The molecule has 2 aromatic carbocycles. The summed E-state index contributed by atoms with van der Waals surface area (Å²) in [4.78, 5) is 16.9. The van der Waals surface area contributed by atoms with Crippen molar-refractivity contribution in [3.8, 4) is 0 Å². The fraction of sp³-hybridized carbons (Fsp3) is 0.200. The van der Waals surface area contributed by atoms with Crippen LogP contribution in [0.2, 0.25) is 0 Å². The highest BCUT2D eigenvalue weighted by molar-refractivity contribution is 9.10. The highest BCUT2D eigenvalue weighted by Crippen LogP contribution is 2.17. The zero-order chi connectivity index (χ0) is 17.6. The van der Waals surface area contributed by atoms with Gasteiger partial charge in [-0.15, -0.1) is 6.58 Å². The first kappa shape index (κ1) is 17.4. The van der Waals surface area contributed by atoms with E-state index in [0.717, 1.165) is 40.7 Å². The highest BCUT2D eigenvalue weighted by Gasteiger charge is 2.10. The van der Waals surface area contributed by atoms with Crippen LogP contribution in [0.15, 0.2) is 65.7 Å². The number of carbonyl (C=O) groups excluding carboxylic acids is 1. The molecule has 1 aromatic heterocycles. The van der Waals surface area contributed by atoms with Crippen LogP contribution < -0.4 is 5.32 Å². The summed E-state index contributed by atoms with van der Waals surface area (Å²) in [7, 11) is 0. The molecular formula is C20H20BrN3O. The number of amides is 1. The van der Waals surface area contributed by atoms with Crippen molar-refractivity contribution in [2.75, 3.05) is 6.54 Å². The number of hydrogen-bond donors (Lipinski definition) is 1. The standard InChI is InChI=1S/C20H20BrN3O/c1-2-13-24-18-10-4-3-9-17(18)23-19(24)11-6-12-22-20(25)15-7-5-8-16(21)14-15/h2-5,7-10,14H,1,6,11-13H2,(H,22,25). The average molecular weight is 398 g/mol. The molecular weight excluding hydrogens is 378 g/mol. The molecule has 0 spiro atoms. The lowest BCUT2D eigenvalue weighted by Crippen LogP contribution is -2.25. The van der Waals surface area contributed by atoms with Gasteiger partial charge in [0.05, 0.1) is 11.0 Å². The van der Waals surface area contributed by atoms with Gasteiger partial charge in [-0.25, -0.2) is 4.98 Å². The molecule has 0 fully saturated rings. The molecule has 5 heteroatoms. The van der Waals surface area contributed by atoms with Gasteiger partial charge in [0.25, 0.3) is 5.91 Å². The maximum atomic E-state index is 12.2. The maximum absolute atomic E-state index is 12.2. The van der Waals surface area contributed by atoms with Crippen LogP contribution in [0.3, 0.4) is 0 Å². The number of imidazole rings is 1. The zero-order valence-electron chi connectivity index (χ0n) is 13.9. The minimum absolute atomic E-state index is 0.0547. The summed E-state index contributed by atoms with van der Waals surface area (Å²) in [5, 5.41) is 2.96. The molecule has 0 saturated carbocycles. The third-order valence-corrected chi connectivity index (χ3v) is 4.49. The Morgan fingerprint density at radius 1 is 1.24 bits per heavy atom. The third-order valence-electron chi connectivity index (χ3n) is 3.99. The minimum Gasteiger partial charge on any atom is -0.352 e. The fourth-order valence-electron chi connectivity index (χ4n) is 2.83. The minimum atomic E-state index is -0.0547. The molecule has 0 aliphatic rings. The number of para-hydroxylation sites is 2. The first-order chi connectivity index (χ1) is 12.2. The predicted molar refractivity (Wildman–Crippen MR) is 105 cm³/mol. The summed E-state index contributed by atoms with van der Waals surface area (Å²) >= 11 is 3.38. The topological polar surface area (TPSA) is 46.9 Å². The third kappa shape index (κ3) is 4.17. The van der Waals surface area contributed by atoms with Crippen molar-refractivity contribution in [1.82, 2.24) is 14.9 Å². The summed E-state index contributed by atoms with van der Waals surface area (Å²) in [5.41, 5.74) is 2.78. The van der Waals surface area contributed by atoms with Gasteiger partial charge in [0.1, 0.15) is 5.82 Å². The van der Waals surface area contributed by atoms with E-state index in [9.17, 15) is 4.79 Å². The number of rotatable bonds is 7. The Bertz CT molecular complexity index is 901. The van der Waals surface area contributed by atoms with E-state index in [2.05, 4.69) is 38.5 Å². The zero-order valence-corrected chi connectivity index (χ0v) is 15.5. The SMILES string of the molecule is C=CCn1c(CCCNC(=O)c2cccc(Br)c2)nc2ccccc21.